The SMILES string of the molecule is C=Cc1ccc(COCC2O[C@H](O[C@@H]3CC(O)[C@H](O)C(COCc4ccc(C=C)cc4)O3)CC(O)[C@@H]2O)cc1. The average molecular weight is 543 g/mol. The normalized spacial score (nSPS) is 31.1. The van der Waals surface area contributed by atoms with Crippen molar-refractivity contribution in [3.63, 3.8) is 0 Å². The highest BCUT2D eigenvalue weighted by molar-refractivity contribution is 5.47. The monoisotopic (exact) mass is 542 g/mol. The van der Waals surface area contributed by atoms with Gasteiger partial charge >= 0.3 is 0 Å². The van der Waals surface area contributed by atoms with Gasteiger partial charge in [0.15, 0.2) is 12.6 Å². The number of rotatable bonds is 12. The van der Waals surface area contributed by atoms with Gasteiger partial charge in [-0.05, 0) is 22.3 Å². The van der Waals surface area contributed by atoms with E-state index in [1.165, 1.54) is 0 Å². The van der Waals surface area contributed by atoms with E-state index in [1.807, 2.05) is 48.5 Å². The fourth-order valence-corrected chi connectivity index (χ4v) is 4.54. The Morgan fingerprint density at radius 3 is 1.41 bits per heavy atom. The minimum atomic E-state index is -1.14. The maximum Gasteiger partial charge on any atom is 0.163 e. The Kier molecular flexibility index (Phi) is 10.8. The number of hydrogen-bond donors (Lipinski definition) is 4. The van der Waals surface area contributed by atoms with Gasteiger partial charge in [0.2, 0.25) is 0 Å². The maximum absolute atomic E-state index is 10.4. The van der Waals surface area contributed by atoms with E-state index in [-0.39, 0.29) is 26.1 Å². The van der Waals surface area contributed by atoms with E-state index in [1.54, 1.807) is 12.2 Å². The second kappa shape index (κ2) is 14.3. The molecule has 8 atom stereocenters. The summed E-state index contributed by atoms with van der Waals surface area (Å²) in [6.07, 6.45) is -4.37. The van der Waals surface area contributed by atoms with Crippen molar-refractivity contribution in [1.82, 2.24) is 0 Å². The molecule has 9 heteroatoms. The van der Waals surface area contributed by atoms with E-state index in [4.69, 9.17) is 23.7 Å². The van der Waals surface area contributed by atoms with E-state index in [0.29, 0.717) is 13.2 Å². The lowest BCUT2D eigenvalue weighted by Gasteiger charge is -2.41. The second-order valence-electron chi connectivity index (χ2n) is 9.85. The molecule has 0 spiro atoms. The lowest BCUT2D eigenvalue weighted by Crippen LogP contribution is -2.54. The van der Waals surface area contributed by atoms with Crippen molar-refractivity contribution in [2.24, 2.45) is 0 Å². The van der Waals surface area contributed by atoms with Crippen LogP contribution in [0.5, 0.6) is 0 Å². The average Bonchev–Trinajstić information content (AvgIpc) is 2.94. The van der Waals surface area contributed by atoms with Gasteiger partial charge in [-0.15, -0.1) is 0 Å². The van der Waals surface area contributed by atoms with Crippen molar-refractivity contribution in [3.8, 4) is 0 Å². The summed E-state index contributed by atoms with van der Waals surface area (Å²) in [5, 5.41) is 41.6. The highest BCUT2D eigenvalue weighted by atomic mass is 16.8. The summed E-state index contributed by atoms with van der Waals surface area (Å²) in [6, 6.07) is 15.4. The zero-order chi connectivity index (χ0) is 27.8. The van der Waals surface area contributed by atoms with Crippen molar-refractivity contribution in [2.45, 2.75) is 75.3 Å². The van der Waals surface area contributed by atoms with Crippen LogP contribution in [-0.4, -0.2) is 82.8 Å². The van der Waals surface area contributed by atoms with Gasteiger partial charge < -0.3 is 44.1 Å². The van der Waals surface area contributed by atoms with Gasteiger partial charge in [0.25, 0.3) is 0 Å². The minimum Gasteiger partial charge on any atom is -0.390 e. The first kappa shape index (κ1) is 29.5. The van der Waals surface area contributed by atoms with Crippen LogP contribution in [0.15, 0.2) is 61.7 Å². The van der Waals surface area contributed by atoms with Crippen LogP contribution in [0.4, 0.5) is 0 Å². The molecule has 0 amide bonds. The summed E-state index contributed by atoms with van der Waals surface area (Å²) in [6.45, 7) is 8.16. The molecule has 2 aromatic carbocycles. The predicted molar refractivity (Wildman–Crippen MR) is 144 cm³/mol. The number of hydrogen-bond acceptors (Lipinski definition) is 9. The van der Waals surface area contributed by atoms with E-state index >= 15 is 0 Å². The Bertz CT molecular complexity index is 958. The fourth-order valence-electron chi connectivity index (χ4n) is 4.54. The van der Waals surface area contributed by atoms with Gasteiger partial charge in [-0.1, -0.05) is 73.8 Å². The number of aliphatic hydroxyl groups excluding tert-OH is 4. The zero-order valence-corrected chi connectivity index (χ0v) is 21.9. The first-order chi connectivity index (χ1) is 18.9. The van der Waals surface area contributed by atoms with Gasteiger partial charge in [-0.3, -0.25) is 0 Å². The van der Waals surface area contributed by atoms with Crippen LogP contribution in [0.25, 0.3) is 12.2 Å². The number of ether oxygens (including phenoxy) is 5. The molecule has 2 aliphatic rings. The molecule has 0 aromatic heterocycles. The molecule has 9 nitrogen and oxygen atoms in total. The number of benzene rings is 2. The lowest BCUT2D eigenvalue weighted by molar-refractivity contribution is -0.335. The summed E-state index contributed by atoms with van der Waals surface area (Å²) in [5.74, 6) is 0. The van der Waals surface area contributed by atoms with E-state index in [9.17, 15) is 20.4 Å². The highest BCUT2D eigenvalue weighted by Gasteiger charge is 2.42. The summed E-state index contributed by atoms with van der Waals surface area (Å²) < 4.78 is 29.1. The molecule has 0 saturated carbocycles. The molecule has 2 saturated heterocycles. The molecule has 2 aromatic rings. The van der Waals surface area contributed by atoms with Gasteiger partial charge in [0.05, 0.1) is 38.6 Å². The van der Waals surface area contributed by atoms with Crippen molar-refractivity contribution < 1.29 is 44.1 Å². The number of aliphatic hydroxyl groups is 4. The molecular formula is C30H38O9. The molecule has 2 fully saturated rings. The van der Waals surface area contributed by atoms with E-state index in [0.717, 1.165) is 22.3 Å². The van der Waals surface area contributed by atoms with Crippen LogP contribution < -0.4 is 0 Å². The first-order valence-corrected chi connectivity index (χ1v) is 13.1. The Morgan fingerprint density at radius 2 is 1.05 bits per heavy atom. The Morgan fingerprint density at radius 1 is 0.667 bits per heavy atom. The van der Waals surface area contributed by atoms with Crippen LogP contribution >= 0.6 is 0 Å². The third-order valence-electron chi connectivity index (χ3n) is 6.91. The Balaban J connectivity index is 1.26. The van der Waals surface area contributed by atoms with Crippen LogP contribution in [-0.2, 0) is 36.9 Å². The molecule has 4 rings (SSSR count). The third-order valence-corrected chi connectivity index (χ3v) is 6.91. The summed E-state index contributed by atoms with van der Waals surface area (Å²) >= 11 is 0. The third kappa shape index (κ3) is 8.28. The predicted octanol–water partition coefficient (Wildman–Crippen LogP) is 2.40. The van der Waals surface area contributed by atoms with E-state index < -0.39 is 49.2 Å². The maximum atomic E-state index is 10.4. The van der Waals surface area contributed by atoms with Crippen LogP contribution in [0.1, 0.15) is 35.1 Å². The molecule has 4 unspecified atom stereocenters. The first-order valence-electron chi connectivity index (χ1n) is 13.1. The molecule has 4 N–H and O–H groups in total. The molecule has 39 heavy (non-hydrogen) atoms. The molecule has 2 aliphatic heterocycles. The summed E-state index contributed by atoms with van der Waals surface area (Å²) in [4.78, 5) is 0. The Hall–Kier alpha value is -2.44. The smallest absolute Gasteiger partial charge is 0.163 e. The van der Waals surface area contributed by atoms with E-state index in [2.05, 4.69) is 13.2 Å². The fraction of sp³-hybridized carbons (Fsp3) is 0.467. The molecule has 0 radical (unpaired) electrons. The summed E-state index contributed by atoms with van der Waals surface area (Å²) in [5.41, 5.74) is 3.90. The van der Waals surface area contributed by atoms with Crippen molar-refractivity contribution in [2.75, 3.05) is 13.2 Å². The van der Waals surface area contributed by atoms with Gasteiger partial charge in [0.1, 0.15) is 24.4 Å². The minimum absolute atomic E-state index is 0.0149. The van der Waals surface area contributed by atoms with Crippen LogP contribution in [0.3, 0.4) is 0 Å². The molecule has 0 bridgehead atoms. The highest BCUT2D eigenvalue weighted by Crippen LogP contribution is 2.28. The van der Waals surface area contributed by atoms with Crippen molar-refractivity contribution in [1.29, 1.82) is 0 Å². The zero-order valence-electron chi connectivity index (χ0n) is 21.9. The molecule has 212 valence electrons. The van der Waals surface area contributed by atoms with Crippen LogP contribution in [0.2, 0.25) is 0 Å². The second-order valence-corrected chi connectivity index (χ2v) is 9.85. The largest absolute Gasteiger partial charge is 0.390 e. The quantitative estimate of drug-likeness (QED) is 0.320. The van der Waals surface area contributed by atoms with Gasteiger partial charge in [-0.25, -0.2) is 0 Å². The summed E-state index contributed by atoms with van der Waals surface area (Å²) in [7, 11) is 0. The van der Waals surface area contributed by atoms with Crippen molar-refractivity contribution in [3.05, 3.63) is 83.9 Å². The van der Waals surface area contributed by atoms with Crippen LogP contribution in [0, 0.1) is 0 Å². The lowest BCUT2D eigenvalue weighted by atomic mass is 10.0. The molecular weight excluding hydrogens is 504 g/mol. The molecule has 2 heterocycles. The van der Waals surface area contributed by atoms with Crippen molar-refractivity contribution >= 4 is 12.2 Å². The topological polar surface area (TPSA) is 127 Å². The molecule has 0 aliphatic carbocycles. The van der Waals surface area contributed by atoms with Gasteiger partial charge in [0, 0.05) is 12.8 Å². The Labute approximate surface area is 228 Å². The van der Waals surface area contributed by atoms with Gasteiger partial charge in [-0.2, -0.15) is 0 Å². The standard InChI is InChI=1S/C30H38O9/c1-3-19-5-9-21(10-6-19)15-35-17-25-29(33)23(31)13-27(37-25)39-28-14-24(32)30(34)26(38-28)18-36-16-22-11-7-20(4-2)8-12-22/h3-12,23-34H,1-2,13-18H2/t23?,24?,25?,26?,27-,28-,29+,30+/m1/s1.